The van der Waals surface area contributed by atoms with Gasteiger partial charge in [-0.2, -0.15) is 0 Å². The Hall–Kier alpha value is -4.07. The number of carboxylic acids is 1. The number of ketones is 1. The Morgan fingerprint density at radius 1 is 1.02 bits per heavy atom. The number of para-hydroxylation sites is 1. The van der Waals surface area contributed by atoms with Crippen LogP contribution in [0.5, 0.6) is 0 Å². The van der Waals surface area contributed by atoms with Crippen LogP contribution in [0, 0.1) is 5.82 Å². The summed E-state index contributed by atoms with van der Waals surface area (Å²) in [6, 6.07) is 19.8. The number of carbonyl (C=O) groups is 2. The molecule has 4 aromatic rings. The second-order valence-corrected chi connectivity index (χ2v) is 10.0. The lowest BCUT2D eigenvalue weighted by atomic mass is 9.95. The van der Waals surface area contributed by atoms with Crippen LogP contribution in [-0.2, 0) is 29.1 Å². The number of carboxylic acid groups (broad SMARTS) is 1. The van der Waals surface area contributed by atoms with Crippen LogP contribution in [0.2, 0.25) is 0 Å². The summed E-state index contributed by atoms with van der Waals surface area (Å²) in [5, 5.41) is 18.8. The number of ether oxygens (including phenoxy) is 1. The van der Waals surface area contributed by atoms with E-state index in [2.05, 4.69) is 6.92 Å². The molecule has 6 nitrogen and oxygen atoms in total. The number of allylic oxidation sites excluding steroid dienone is 1. The summed E-state index contributed by atoms with van der Waals surface area (Å²) in [5.74, 6) is -1.77. The molecule has 1 atom stereocenters. The van der Waals surface area contributed by atoms with Crippen molar-refractivity contribution in [3.8, 4) is 0 Å². The normalized spacial score (nSPS) is 12.4. The fourth-order valence-corrected chi connectivity index (χ4v) is 4.93. The van der Waals surface area contributed by atoms with Crippen molar-refractivity contribution in [3.63, 3.8) is 0 Å². The van der Waals surface area contributed by atoms with E-state index < -0.39 is 18.7 Å². The van der Waals surface area contributed by atoms with Gasteiger partial charge in [0.05, 0.1) is 24.3 Å². The number of aliphatic carboxylic acids is 1. The molecule has 0 aliphatic rings. The molecule has 1 heterocycles. The minimum absolute atomic E-state index is 0.0366. The first-order valence-corrected chi connectivity index (χ1v) is 13.4. The zero-order valence-corrected chi connectivity index (χ0v) is 22.9. The maximum Gasteiger partial charge on any atom is 0.335 e. The van der Waals surface area contributed by atoms with Gasteiger partial charge in [0.1, 0.15) is 5.82 Å². The van der Waals surface area contributed by atoms with E-state index in [9.17, 15) is 9.59 Å². The number of halogens is 1. The highest BCUT2D eigenvalue weighted by molar-refractivity contribution is 6.17. The third kappa shape index (κ3) is 6.22. The third-order valence-corrected chi connectivity index (χ3v) is 6.91. The van der Waals surface area contributed by atoms with Gasteiger partial charge >= 0.3 is 5.97 Å². The van der Waals surface area contributed by atoms with E-state index in [1.165, 1.54) is 6.07 Å². The first-order valence-electron chi connectivity index (χ1n) is 13.4. The monoisotopic (exact) mass is 543 g/mol. The van der Waals surface area contributed by atoms with E-state index in [4.69, 9.17) is 14.9 Å². The molecular formula is C33H34FNO5. The zero-order chi connectivity index (χ0) is 28.8. The van der Waals surface area contributed by atoms with E-state index in [0.717, 1.165) is 28.8 Å². The Bertz CT molecular complexity index is 1530. The molecule has 0 saturated carbocycles. The van der Waals surface area contributed by atoms with Gasteiger partial charge in [-0.3, -0.25) is 4.79 Å². The fourth-order valence-electron chi connectivity index (χ4n) is 4.93. The van der Waals surface area contributed by atoms with Gasteiger partial charge in [0.2, 0.25) is 0 Å². The lowest BCUT2D eigenvalue weighted by Crippen LogP contribution is -2.27. The molecule has 0 aliphatic heterocycles. The topological polar surface area (TPSA) is 88.8 Å². The number of carbonyl (C=O) groups excluding carboxylic acids is 1. The van der Waals surface area contributed by atoms with Crippen molar-refractivity contribution in [3.05, 3.63) is 112 Å². The number of benzene rings is 3. The van der Waals surface area contributed by atoms with E-state index in [1.54, 1.807) is 12.1 Å². The van der Waals surface area contributed by atoms with Crippen LogP contribution in [0.15, 0.2) is 72.8 Å². The van der Waals surface area contributed by atoms with Crippen molar-refractivity contribution in [2.24, 2.45) is 0 Å². The SMILES string of the molecule is CCc1ccc(C(=O)c2c(C(C)C)n(CC=Cc3cccc(CO[C@@H](CO)C(=O)O)c3)c3c(F)cccc23)cc1. The summed E-state index contributed by atoms with van der Waals surface area (Å²) in [6.45, 7) is 5.85. The molecule has 0 aliphatic carbocycles. The van der Waals surface area contributed by atoms with Gasteiger partial charge in [0.25, 0.3) is 0 Å². The summed E-state index contributed by atoms with van der Waals surface area (Å²) in [6.07, 6.45) is 3.40. The Balaban J connectivity index is 1.67. The van der Waals surface area contributed by atoms with Gasteiger partial charge in [0, 0.05) is 23.2 Å². The Morgan fingerprint density at radius 2 is 1.75 bits per heavy atom. The van der Waals surface area contributed by atoms with Crippen LogP contribution >= 0.6 is 0 Å². The molecule has 0 bridgehead atoms. The second kappa shape index (κ2) is 12.9. The van der Waals surface area contributed by atoms with Crippen molar-refractivity contribution in [2.45, 2.75) is 52.4 Å². The fraction of sp³-hybridized carbons (Fsp3) is 0.273. The number of nitrogens with zero attached hydrogens (tertiary/aromatic N) is 1. The minimum Gasteiger partial charge on any atom is -0.479 e. The molecule has 4 rings (SSSR count). The van der Waals surface area contributed by atoms with E-state index in [-0.39, 0.29) is 24.1 Å². The Labute approximate surface area is 233 Å². The first-order chi connectivity index (χ1) is 19.2. The average Bonchev–Trinajstić information content (AvgIpc) is 3.29. The van der Waals surface area contributed by atoms with Crippen LogP contribution in [0.1, 0.15) is 65.0 Å². The van der Waals surface area contributed by atoms with Gasteiger partial charge in [-0.25, -0.2) is 9.18 Å². The number of aromatic nitrogens is 1. The van der Waals surface area contributed by atoms with Crippen LogP contribution in [0.4, 0.5) is 4.39 Å². The number of aliphatic hydroxyl groups excluding tert-OH is 1. The number of hydrogen-bond donors (Lipinski definition) is 2. The summed E-state index contributed by atoms with van der Waals surface area (Å²) in [5.41, 5.74) is 5.03. The molecule has 0 spiro atoms. The smallest absolute Gasteiger partial charge is 0.335 e. The number of aliphatic hydroxyl groups is 1. The van der Waals surface area contributed by atoms with Crippen molar-refractivity contribution in [2.75, 3.05) is 6.61 Å². The molecule has 7 heteroatoms. The molecule has 40 heavy (non-hydrogen) atoms. The predicted molar refractivity (Wildman–Crippen MR) is 154 cm³/mol. The second-order valence-electron chi connectivity index (χ2n) is 10.0. The van der Waals surface area contributed by atoms with Crippen LogP contribution in [0.3, 0.4) is 0 Å². The third-order valence-electron chi connectivity index (χ3n) is 6.91. The standard InChI is InChI=1S/C33H34FNO5/c1-4-22-13-15-25(16-14-22)32(37)29-26-11-6-12-27(34)31(26)35(30(29)21(2)3)17-7-10-23-8-5-9-24(18-23)20-40-28(19-36)33(38)39/h5-16,18,21,28,36H,4,17,19-20H2,1-3H3,(H,38,39)/t28-/m0/s1. The lowest BCUT2D eigenvalue weighted by Gasteiger charge is -2.14. The Kier molecular flexibility index (Phi) is 9.30. The molecule has 2 N–H and O–H groups in total. The molecule has 0 fully saturated rings. The van der Waals surface area contributed by atoms with Crippen molar-refractivity contribution < 1.29 is 28.9 Å². The number of aryl methyl sites for hydroxylation is 1. The van der Waals surface area contributed by atoms with Crippen molar-refractivity contribution in [1.82, 2.24) is 4.57 Å². The van der Waals surface area contributed by atoms with Gasteiger partial charge in [-0.05, 0) is 41.2 Å². The van der Waals surface area contributed by atoms with Gasteiger partial charge in [0.15, 0.2) is 11.9 Å². The summed E-state index contributed by atoms with van der Waals surface area (Å²) < 4.78 is 22.5. The molecule has 0 radical (unpaired) electrons. The predicted octanol–water partition coefficient (Wildman–Crippen LogP) is 6.37. The Morgan fingerprint density at radius 3 is 2.40 bits per heavy atom. The van der Waals surface area contributed by atoms with Gasteiger partial charge in [-0.1, -0.05) is 87.5 Å². The van der Waals surface area contributed by atoms with E-state index in [0.29, 0.717) is 28.6 Å². The molecule has 1 aromatic heterocycles. The zero-order valence-electron chi connectivity index (χ0n) is 22.9. The van der Waals surface area contributed by atoms with Gasteiger partial charge < -0.3 is 19.5 Å². The molecule has 0 unspecified atom stereocenters. The summed E-state index contributed by atoms with van der Waals surface area (Å²) in [4.78, 5) is 24.9. The molecule has 3 aromatic carbocycles. The number of fused-ring (bicyclic) bond motifs is 1. The summed E-state index contributed by atoms with van der Waals surface area (Å²) >= 11 is 0. The molecular weight excluding hydrogens is 509 g/mol. The lowest BCUT2D eigenvalue weighted by molar-refractivity contribution is -0.153. The highest BCUT2D eigenvalue weighted by Gasteiger charge is 2.26. The highest BCUT2D eigenvalue weighted by Crippen LogP contribution is 2.34. The largest absolute Gasteiger partial charge is 0.479 e. The van der Waals surface area contributed by atoms with Crippen LogP contribution < -0.4 is 0 Å². The van der Waals surface area contributed by atoms with Crippen molar-refractivity contribution >= 4 is 28.7 Å². The van der Waals surface area contributed by atoms with Crippen LogP contribution in [-0.4, -0.2) is 39.2 Å². The summed E-state index contributed by atoms with van der Waals surface area (Å²) in [7, 11) is 0. The van der Waals surface area contributed by atoms with E-state index in [1.807, 2.05) is 79.1 Å². The van der Waals surface area contributed by atoms with E-state index >= 15 is 4.39 Å². The average molecular weight is 544 g/mol. The number of hydrogen-bond acceptors (Lipinski definition) is 4. The molecule has 0 amide bonds. The van der Waals surface area contributed by atoms with Gasteiger partial charge in [-0.15, -0.1) is 0 Å². The quantitative estimate of drug-likeness (QED) is 0.203. The maximum atomic E-state index is 15.3. The minimum atomic E-state index is -1.29. The molecule has 208 valence electrons. The van der Waals surface area contributed by atoms with Crippen molar-refractivity contribution in [1.29, 1.82) is 0 Å². The van der Waals surface area contributed by atoms with Crippen LogP contribution in [0.25, 0.3) is 17.0 Å². The highest BCUT2D eigenvalue weighted by atomic mass is 19.1. The first kappa shape index (κ1) is 28.9. The molecule has 0 saturated heterocycles. The number of rotatable bonds is 12. The maximum absolute atomic E-state index is 15.3.